The van der Waals surface area contributed by atoms with Crippen molar-refractivity contribution in [2.75, 3.05) is 0 Å². The van der Waals surface area contributed by atoms with Crippen LogP contribution in [0.4, 0.5) is 4.79 Å². The van der Waals surface area contributed by atoms with Crippen molar-refractivity contribution < 1.29 is 19.4 Å². The lowest BCUT2D eigenvalue weighted by atomic mass is 9.73. The molecule has 0 heterocycles. The molecular weight excluding hydrogens is 294 g/mol. The molecule has 5 nitrogen and oxygen atoms in total. The summed E-state index contributed by atoms with van der Waals surface area (Å²) in [7, 11) is 0. The van der Waals surface area contributed by atoms with Gasteiger partial charge in [-0.05, 0) is 43.1 Å². The van der Waals surface area contributed by atoms with Crippen LogP contribution in [0, 0.1) is 11.8 Å². The highest BCUT2D eigenvalue weighted by Crippen LogP contribution is 2.36. The van der Waals surface area contributed by atoms with Gasteiger partial charge in [0.25, 0.3) is 0 Å². The second-order valence-corrected chi connectivity index (χ2v) is 6.66. The summed E-state index contributed by atoms with van der Waals surface area (Å²) in [5.41, 5.74) is -0.324. The van der Waals surface area contributed by atoms with Gasteiger partial charge in [-0.1, -0.05) is 44.2 Å². The Morgan fingerprint density at radius 2 is 1.87 bits per heavy atom. The topological polar surface area (TPSA) is 75.6 Å². The number of carboxylic acid groups (broad SMARTS) is 1. The predicted octanol–water partition coefficient (Wildman–Crippen LogP) is 3.58. The Hall–Kier alpha value is -2.04. The van der Waals surface area contributed by atoms with E-state index in [0.717, 1.165) is 18.4 Å². The van der Waals surface area contributed by atoms with E-state index >= 15 is 0 Å². The molecule has 1 aromatic carbocycles. The van der Waals surface area contributed by atoms with E-state index in [2.05, 4.69) is 19.2 Å². The Bertz CT molecular complexity index is 533. The monoisotopic (exact) mass is 319 g/mol. The first-order valence-electron chi connectivity index (χ1n) is 8.15. The van der Waals surface area contributed by atoms with E-state index in [9.17, 15) is 14.7 Å². The number of amides is 1. The van der Waals surface area contributed by atoms with Gasteiger partial charge in [0, 0.05) is 0 Å². The molecule has 2 N–H and O–H groups in total. The molecule has 0 radical (unpaired) electrons. The van der Waals surface area contributed by atoms with Crippen molar-refractivity contribution in [1.82, 2.24) is 5.32 Å². The van der Waals surface area contributed by atoms with Crippen LogP contribution in [-0.2, 0) is 16.1 Å². The first-order chi connectivity index (χ1) is 10.9. The van der Waals surface area contributed by atoms with Crippen LogP contribution in [-0.4, -0.2) is 22.7 Å². The maximum Gasteiger partial charge on any atom is 0.408 e. The molecule has 0 spiro atoms. The number of carbonyl (C=O) groups excluding carboxylic acids is 1. The maximum absolute atomic E-state index is 12.0. The van der Waals surface area contributed by atoms with Crippen molar-refractivity contribution in [3.8, 4) is 0 Å². The number of alkyl carbamates (subject to hydrolysis) is 1. The van der Waals surface area contributed by atoms with Crippen LogP contribution in [0.1, 0.15) is 45.1 Å². The van der Waals surface area contributed by atoms with Crippen LogP contribution in [0.25, 0.3) is 0 Å². The van der Waals surface area contributed by atoms with E-state index < -0.39 is 17.6 Å². The van der Waals surface area contributed by atoms with Gasteiger partial charge in [-0.25, -0.2) is 9.59 Å². The van der Waals surface area contributed by atoms with Gasteiger partial charge in [0.15, 0.2) is 0 Å². The molecule has 0 atom stereocenters. The molecule has 1 aliphatic carbocycles. The molecule has 0 aliphatic heterocycles. The number of ether oxygens (including phenoxy) is 1. The number of carbonyl (C=O) groups is 2. The molecule has 1 saturated carbocycles. The summed E-state index contributed by atoms with van der Waals surface area (Å²) in [5.74, 6) is 0.0767. The maximum atomic E-state index is 12.0. The van der Waals surface area contributed by atoms with Crippen LogP contribution in [0.15, 0.2) is 30.3 Å². The highest BCUT2D eigenvalue weighted by Gasteiger charge is 2.44. The molecule has 126 valence electrons. The summed E-state index contributed by atoms with van der Waals surface area (Å²) in [6, 6.07) is 9.32. The summed E-state index contributed by atoms with van der Waals surface area (Å²) in [6.07, 6.45) is 1.85. The first kappa shape index (κ1) is 17.3. The van der Waals surface area contributed by atoms with Crippen molar-refractivity contribution in [2.24, 2.45) is 11.8 Å². The Morgan fingerprint density at radius 1 is 1.26 bits per heavy atom. The summed E-state index contributed by atoms with van der Waals surface area (Å²) >= 11 is 0. The molecule has 0 bridgehead atoms. The van der Waals surface area contributed by atoms with Gasteiger partial charge < -0.3 is 15.2 Å². The zero-order chi connectivity index (χ0) is 16.9. The van der Waals surface area contributed by atoms with Crippen molar-refractivity contribution in [3.05, 3.63) is 35.9 Å². The predicted molar refractivity (Wildman–Crippen MR) is 86.9 cm³/mol. The Balaban J connectivity index is 1.92. The quantitative estimate of drug-likeness (QED) is 0.869. The minimum absolute atomic E-state index is 0.136. The zero-order valence-corrected chi connectivity index (χ0v) is 13.7. The molecule has 0 aromatic heterocycles. The van der Waals surface area contributed by atoms with Gasteiger partial charge in [-0.2, -0.15) is 0 Å². The van der Waals surface area contributed by atoms with Crippen molar-refractivity contribution >= 4 is 12.1 Å². The Kier molecular flexibility index (Phi) is 5.64. The number of hydrogen-bond donors (Lipinski definition) is 2. The van der Waals surface area contributed by atoms with Crippen LogP contribution in [0.3, 0.4) is 0 Å². The summed E-state index contributed by atoms with van der Waals surface area (Å²) in [6.45, 7) is 4.44. The third kappa shape index (κ3) is 4.47. The van der Waals surface area contributed by atoms with Crippen LogP contribution in [0.2, 0.25) is 0 Å². The molecule has 1 aromatic rings. The SMILES string of the molecule is CC(C)C1CCC(NC(=O)OCc2ccccc2)(C(=O)O)CC1. The fraction of sp³-hybridized carbons (Fsp3) is 0.556. The smallest absolute Gasteiger partial charge is 0.408 e. The van der Waals surface area contributed by atoms with Gasteiger partial charge in [0.2, 0.25) is 0 Å². The molecule has 1 aliphatic rings. The third-order valence-corrected chi connectivity index (χ3v) is 4.79. The Morgan fingerprint density at radius 3 is 2.39 bits per heavy atom. The number of rotatable bonds is 5. The van der Waals surface area contributed by atoms with Crippen molar-refractivity contribution in [2.45, 2.75) is 51.7 Å². The average molecular weight is 319 g/mol. The first-order valence-corrected chi connectivity index (χ1v) is 8.15. The second-order valence-electron chi connectivity index (χ2n) is 6.66. The normalized spacial score (nSPS) is 24.2. The van der Waals surface area contributed by atoms with Crippen molar-refractivity contribution in [3.63, 3.8) is 0 Å². The number of hydrogen-bond acceptors (Lipinski definition) is 3. The van der Waals surface area contributed by atoms with Crippen LogP contribution < -0.4 is 5.32 Å². The highest BCUT2D eigenvalue weighted by atomic mass is 16.5. The van der Waals surface area contributed by atoms with E-state index in [0.29, 0.717) is 24.7 Å². The number of benzene rings is 1. The molecule has 1 fully saturated rings. The van der Waals surface area contributed by atoms with Gasteiger partial charge in [-0.15, -0.1) is 0 Å². The summed E-state index contributed by atoms with van der Waals surface area (Å²) in [4.78, 5) is 23.7. The fourth-order valence-electron chi connectivity index (χ4n) is 3.15. The van der Waals surface area contributed by atoms with Crippen LogP contribution in [0.5, 0.6) is 0 Å². The van der Waals surface area contributed by atoms with E-state index in [4.69, 9.17) is 4.74 Å². The largest absolute Gasteiger partial charge is 0.480 e. The van der Waals surface area contributed by atoms with Gasteiger partial charge in [-0.3, -0.25) is 0 Å². The lowest BCUT2D eigenvalue weighted by Crippen LogP contribution is -2.56. The van der Waals surface area contributed by atoms with Crippen molar-refractivity contribution in [1.29, 1.82) is 0 Å². The van der Waals surface area contributed by atoms with E-state index in [1.54, 1.807) is 0 Å². The molecule has 2 rings (SSSR count). The Labute approximate surface area is 137 Å². The lowest BCUT2D eigenvalue weighted by molar-refractivity contribution is -0.146. The standard InChI is InChI=1S/C18H25NO4/c1-13(2)15-8-10-18(11-9-15,16(20)21)19-17(22)23-12-14-6-4-3-5-7-14/h3-7,13,15H,8-12H2,1-2H3,(H,19,22)(H,20,21). The summed E-state index contributed by atoms with van der Waals surface area (Å²) < 4.78 is 5.17. The minimum atomic E-state index is -1.20. The molecule has 0 unspecified atom stereocenters. The fourth-order valence-corrected chi connectivity index (χ4v) is 3.15. The molecular formula is C18H25NO4. The number of carboxylic acids is 1. The molecule has 23 heavy (non-hydrogen) atoms. The van der Waals surface area contributed by atoms with E-state index in [-0.39, 0.29) is 6.61 Å². The number of nitrogens with one attached hydrogen (secondary N) is 1. The summed E-state index contributed by atoms with van der Waals surface area (Å²) in [5, 5.41) is 12.2. The average Bonchev–Trinajstić information content (AvgIpc) is 2.54. The zero-order valence-electron chi connectivity index (χ0n) is 13.7. The van der Waals surface area contributed by atoms with Crippen LogP contribution >= 0.6 is 0 Å². The minimum Gasteiger partial charge on any atom is -0.480 e. The molecule has 0 saturated heterocycles. The molecule has 5 heteroatoms. The van der Waals surface area contributed by atoms with Gasteiger partial charge in [0.1, 0.15) is 12.1 Å². The second kappa shape index (κ2) is 7.49. The molecule has 1 amide bonds. The van der Waals surface area contributed by atoms with Gasteiger partial charge in [0.05, 0.1) is 0 Å². The lowest BCUT2D eigenvalue weighted by Gasteiger charge is -2.38. The number of aliphatic carboxylic acids is 1. The third-order valence-electron chi connectivity index (χ3n) is 4.79. The van der Waals surface area contributed by atoms with E-state index in [1.807, 2.05) is 30.3 Å². The van der Waals surface area contributed by atoms with Gasteiger partial charge >= 0.3 is 12.1 Å². The highest BCUT2D eigenvalue weighted by molar-refractivity contribution is 5.84. The van der Waals surface area contributed by atoms with E-state index in [1.165, 1.54) is 0 Å².